The highest BCUT2D eigenvalue weighted by Crippen LogP contribution is 2.20. The molecule has 2 heterocycles. The third-order valence-corrected chi connectivity index (χ3v) is 4.99. The molecule has 0 aliphatic carbocycles. The molecule has 1 fully saturated rings. The van der Waals surface area contributed by atoms with Gasteiger partial charge in [-0.15, -0.1) is 5.10 Å². The number of hydrogen-bond acceptors (Lipinski definition) is 6. The van der Waals surface area contributed by atoms with Gasteiger partial charge in [0.2, 0.25) is 5.91 Å². The summed E-state index contributed by atoms with van der Waals surface area (Å²) in [5.74, 6) is 0.415. The number of hydrogen-bond donors (Lipinski definition) is 0. The summed E-state index contributed by atoms with van der Waals surface area (Å²) in [6.07, 6.45) is 0. The van der Waals surface area contributed by atoms with Crippen molar-refractivity contribution in [2.24, 2.45) is 0 Å². The fraction of sp³-hybridized carbons (Fsp3) is 0.556. The Labute approximate surface area is 158 Å². The first-order valence-electron chi connectivity index (χ1n) is 9.18. The summed E-state index contributed by atoms with van der Waals surface area (Å²) in [6.45, 7) is 7.19. The van der Waals surface area contributed by atoms with Crippen LogP contribution in [0.5, 0.6) is 0 Å². The maximum absolute atomic E-state index is 13.9. The molecule has 1 aliphatic heterocycles. The minimum atomic E-state index is -0.232. The van der Waals surface area contributed by atoms with Gasteiger partial charge in [-0.2, -0.15) is 0 Å². The van der Waals surface area contributed by atoms with Crippen LogP contribution in [0.15, 0.2) is 24.3 Å². The van der Waals surface area contributed by atoms with E-state index in [0.29, 0.717) is 50.3 Å². The second-order valence-electron chi connectivity index (χ2n) is 7.08. The van der Waals surface area contributed by atoms with Gasteiger partial charge in [0, 0.05) is 32.2 Å². The number of tetrazole rings is 1. The van der Waals surface area contributed by atoms with Crippen LogP contribution in [0.25, 0.3) is 0 Å². The predicted molar refractivity (Wildman–Crippen MR) is 99.6 cm³/mol. The Morgan fingerprint density at radius 1 is 1.22 bits per heavy atom. The smallest absolute Gasteiger partial charge is 0.244 e. The molecule has 1 aromatic carbocycles. The van der Waals surface area contributed by atoms with Gasteiger partial charge in [-0.3, -0.25) is 9.69 Å². The lowest BCUT2D eigenvalue weighted by Crippen LogP contribution is -2.50. The average Bonchev–Trinajstić information content (AvgIpc) is 3.08. The number of halogens is 1. The third-order valence-electron chi connectivity index (χ3n) is 4.99. The summed E-state index contributed by atoms with van der Waals surface area (Å²) >= 11 is 0. The highest BCUT2D eigenvalue weighted by molar-refractivity contribution is 5.76. The van der Waals surface area contributed by atoms with Gasteiger partial charge in [0.1, 0.15) is 12.4 Å². The van der Waals surface area contributed by atoms with E-state index in [4.69, 9.17) is 0 Å². The van der Waals surface area contributed by atoms with Crippen molar-refractivity contribution in [2.75, 3.05) is 38.1 Å². The minimum absolute atomic E-state index is 0.0241. The molecule has 0 radical (unpaired) electrons. The van der Waals surface area contributed by atoms with E-state index >= 15 is 0 Å². The number of rotatable bonds is 6. The molecule has 1 aromatic heterocycles. The summed E-state index contributed by atoms with van der Waals surface area (Å²) in [7, 11) is 1.99. The lowest BCUT2D eigenvalue weighted by atomic mass is 10.2. The Balaban J connectivity index is 1.56. The van der Waals surface area contributed by atoms with Crippen molar-refractivity contribution in [1.82, 2.24) is 30.0 Å². The van der Waals surface area contributed by atoms with Crippen molar-refractivity contribution in [1.29, 1.82) is 0 Å². The molecule has 1 amide bonds. The molecule has 1 saturated heterocycles. The highest BCUT2D eigenvalue weighted by atomic mass is 19.1. The van der Waals surface area contributed by atoms with E-state index in [2.05, 4.69) is 34.3 Å². The zero-order chi connectivity index (χ0) is 19.4. The van der Waals surface area contributed by atoms with E-state index in [-0.39, 0.29) is 18.3 Å². The lowest BCUT2D eigenvalue weighted by Gasteiger charge is -2.36. The summed E-state index contributed by atoms with van der Waals surface area (Å²) in [5.41, 5.74) is 0.587. The number of carbonyl (C=O) groups is 1. The van der Waals surface area contributed by atoms with Crippen LogP contribution in [0, 0.1) is 5.82 Å². The SMILES string of the molecule is CC(C)N(C)Cc1nnnn1CC(=O)N1CCN(c2ccccc2F)CC1. The summed E-state index contributed by atoms with van der Waals surface area (Å²) in [5, 5.41) is 11.7. The fourth-order valence-corrected chi connectivity index (χ4v) is 3.00. The molecule has 0 N–H and O–H groups in total. The van der Waals surface area contributed by atoms with Crippen molar-refractivity contribution >= 4 is 11.6 Å². The van der Waals surface area contributed by atoms with E-state index in [1.807, 2.05) is 18.0 Å². The molecule has 3 rings (SSSR count). The molecule has 0 atom stereocenters. The van der Waals surface area contributed by atoms with Gasteiger partial charge in [0.05, 0.1) is 12.2 Å². The first kappa shape index (κ1) is 19.2. The molecule has 0 spiro atoms. The van der Waals surface area contributed by atoms with Crippen LogP contribution in [0.1, 0.15) is 19.7 Å². The first-order valence-corrected chi connectivity index (χ1v) is 9.18. The molecule has 1 aliphatic rings. The van der Waals surface area contributed by atoms with Crippen LogP contribution in [0.3, 0.4) is 0 Å². The topological polar surface area (TPSA) is 70.4 Å². The van der Waals surface area contributed by atoms with E-state index in [0.717, 1.165) is 0 Å². The summed E-state index contributed by atoms with van der Waals surface area (Å²) < 4.78 is 15.5. The van der Waals surface area contributed by atoms with Crippen molar-refractivity contribution in [3.8, 4) is 0 Å². The van der Waals surface area contributed by atoms with Gasteiger partial charge in [-0.25, -0.2) is 9.07 Å². The number of amides is 1. The molecule has 0 unspecified atom stereocenters. The van der Waals surface area contributed by atoms with Crippen LogP contribution >= 0.6 is 0 Å². The van der Waals surface area contributed by atoms with Crippen LogP contribution in [-0.2, 0) is 17.9 Å². The van der Waals surface area contributed by atoms with Gasteiger partial charge < -0.3 is 9.80 Å². The second-order valence-corrected chi connectivity index (χ2v) is 7.08. The van der Waals surface area contributed by atoms with Gasteiger partial charge in [-0.05, 0) is 43.5 Å². The van der Waals surface area contributed by atoms with Crippen molar-refractivity contribution < 1.29 is 9.18 Å². The van der Waals surface area contributed by atoms with Gasteiger partial charge in [0.15, 0.2) is 5.82 Å². The maximum Gasteiger partial charge on any atom is 0.244 e. The Kier molecular flexibility index (Phi) is 6.00. The Morgan fingerprint density at radius 3 is 2.59 bits per heavy atom. The molecule has 27 heavy (non-hydrogen) atoms. The lowest BCUT2D eigenvalue weighted by molar-refractivity contribution is -0.132. The molecular formula is C18H26FN7O. The van der Waals surface area contributed by atoms with Crippen molar-refractivity contribution in [3.63, 3.8) is 0 Å². The third kappa shape index (κ3) is 4.60. The fourth-order valence-electron chi connectivity index (χ4n) is 3.00. The van der Waals surface area contributed by atoms with E-state index < -0.39 is 0 Å². The molecular weight excluding hydrogens is 349 g/mol. The quantitative estimate of drug-likeness (QED) is 0.750. The van der Waals surface area contributed by atoms with E-state index in [9.17, 15) is 9.18 Å². The Hall–Kier alpha value is -2.55. The largest absolute Gasteiger partial charge is 0.366 e. The molecule has 0 bridgehead atoms. The number of para-hydroxylation sites is 1. The van der Waals surface area contributed by atoms with E-state index in [1.54, 1.807) is 21.7 Å². The van der Waals surface area contributed by atoms with Gasteiger partial charge in [0.25, 0.3) is 0 Å². The number of aromatic nitrogens is 4. The Morgan fingerprint density at radius 2 is 1.93 bits per heavy atom. The Bertz CT molecular complexity index is 771. The molecule has 9 heteroatoms. The normalized spacial score (nSPS) is 15.0. The minimum Gasteiger partial charge on any atom is -0.366 e. The van der Waals surface area contributed by atoms with Crippen LogP contribution in [-0.4, -0.2) is 75.2 Å². The first-order chi connectivity index (χ1) is 13.0. The second kappa shape index (κ2) is 8.43. The zero-order valence-electron chi connectivity index (χ0n) is 16.0. The predicted octanol–water partition coefficient (Wildman–Crippen LogP) is 1.00. The maximum atomic E-state index is 13.9. The number of carbonyl (C=O) groups excluding carboxylic acids is 1. The molecule has 0 saturated carbocycles. The van der Waals surface area contributed by atoms with Crippen LogP contribution in [0.2, 0.25) is 0 Å². The summed E-state index contributed by atoms with van der Waals surface area (Å²) in [4.78, 5) is 18.5. The van der Waals surface area contributed by atoms with Crippen molar-refractivity contribution in [2.45, 2.75) is 33.0 Å². The standard InChI is InChI=1S/C18H26FN7O/c1-14(2)23(3)12-17-20-21-22-26(17)13-18(27)25-10-8-24(9-11-25)16-7-5-4-6-15(16)19/h4-7,14H,8-13H2,1-3H3. The molecule has 146 valence electrons. The van der Waals surface area contributed by atoms with Crippen LogP contribution < -0.4 is 4.90 Å². The van der Waals surface area contributed by atoms with E-state index in [1.165, 1.54) is 6.07 Å². The number of anilines is 1. The highest BCUT2D eigenvalue weighted by Gasteiger charge is 2.24. The number of nitrogens with zero attached hydrogens (tertiary/aromatic N) is 7. The van der Waals surface area contributed by atoms with Crippen molar-refractivity contribution in [3.05, 3.63) is 35.9 Å². The van der Waals surface area contributed by atoms with Gasteiger partial charge >= 0.3 is 0 Å². The molecule has 8 nitrogen and oxygen atoms in total. The monoisotopic (exact) mass is 375 g/mol. The number of piperazine rings is 1. The summed E-state index contributed by atoms with van der Waals surface area (Å²) in [6, 6.07) is 7.09. The van der Waals surface area contributed by atoms with Gasteiger partial charge in [-0.1, -0.05) is 12.1 Å². The zero-order valence-corrected chi connectivity index (χ0v) is 16.0. The van der Waals surface area contributed by atoms with Crippen LogP contribution in [0.4, 0.5) is 10.1 Å². The average molecular weight is 375 g/mol. The number of benzene rings is 1. The molecule has 2 aromatic rings.